The molecule has 0 saturated heterocycles. The molecular formula is C18H17NO4. The molecule has 0 heterocycles. The van der Waals surface area contributed by atoms with Crippen molar-refractivity contribution in [3.05, 3.63) is 59.7 Å². The van der Waals surface area contributed by atoms with Crippen LogP contribution in [0.5, 0.6) is 5.75 Å². The van der Waals surface area contributed by atoms with Gasteiger partial charge in [0.15, 0.2) is 11.9 Å². The second kappa shape index (κ2) is 7.35. The zero-order chi connectivity index (χ0) is 16.8. The van der Waals surface area contributed by atoms with Gasteiger partial charge in [0.1, 0.15) is 12.0 Å². The van der Waals surface area contributed by atoms with Crippen LogP contribution in [-0.2, 0) is 4.79 Å². The number of carbonyl (C=O) groups excluding carboxylic acids is 3. The Morgan fingerprint density at radius 2 is 1.83 bits per heavy atom. The number of amides is 1. The van der Waals surface area contributed by atoms with Crippen LogP contribution in [0.3, 0.4) is 0 Å². The molecule has 5 nitrogen and oxygen atoms in total. The molecule has 118 valence electrons. The van der Waals surface area contributed by atoms with Crippen LogP contribution in [0.15, 0.2) is 48.5 Å². The predicted octanol–water partition coefficient (Wildman–Crippen LogP) is 3.11. The minimum atomic E-state index is -0.732. The van der Waals surface area contributed by atoms with Crippen LogP contribution in [0.4, 0.5) is 5.69 Å². The highest BCUT2D eigenvalue weighted by atomic mass is 16.5. The van der Waals surface area contributed by atoms with Crippen molar-refractivity contribution in [2.75, 3.05) is 5.32 Å². The molecule has 0 spiro atoms. The molecule has 0 bridgehead atoms. The summed E-state index contributed by atoms with van der Waals surface area (Å²) in [5.41, 5.74) is 1.64. The fourth-order valence-corrected chi connectivity index (χ4v) is 1.95. The van der Waals surface area contributed by atoms with Crippen molar-refractivity contribution in [1.82, 2.24) is 0 Å². The Labute approximate surface area is 134 Å². The van der Waals surface area contributed by atoms with Gasteiger partial charge in [0.25, 0.3) is 5.91 Å². The quantitative estimate of drug-likeness (QED) is 0.657. The van der Waals surface area contributed by atoms with Gasteiger partial charge in [0.05, 0.1) is 0 Å². The first kappa shape index (κ1) is 16.4. The van der Waals surface area contributed by atoms with Gasteiger partial charge in [-0.1, -0.05) is 12.1 Å². The Morgan fingerprint density at radius 3 is 2.43 bits per heavy atom. The van der Waals surface area contributed by atoms with Crippen LogP contribution in [0.2, 0.25) is 0 Å². The third-order valence-electron chi connectivity index (χ3n) is 3.24. The molecule has 23 heavy (non-hydrogen) atoms. The number of anilines is 1. The van der Waals surface area contributed by atoms with E-state index < -0.39 is 6.10 Å². The maximum Gasteiger partial charge on any atom is 0.265 e. The largest absolute Gasteiger partial charge is 0.481 e. The molecule has 0 aliphatic carbocycles. The summed E-state index contributed by atoms with van der Waals surface area (Å²) in [5.74, 6) is 0.0934. The summed E-state index contributed by atoms with van der Waals surface area (Å²) in [5, 5.41) is 2.71. The lowest BCUT2D eigenvalue weighted by molar-refractivity contribution is -0.122. The number of ether oxygens (including phenoxy) is 1. The smallest absolute Gasteiger partial charge is 0.265 e. The number of carbonyl (C=O) groups is 3. The van der Waals surface area contributed by atoms with Gasteiger partial charge in [-0.2, -0.15) is 0 Å². The van der Waals surface area contributed by atoms with Crippen molar-refractivity contribution in [1.29, 1.82) is 0 Å². The second-order valence-corrected chi connectivity index (χ2v) is 5.07. The lowest BCUT2D eigenvalue weighted by Crippen LogP contribution is -2.30. The summed E-state index contributed by atoms with van der Waals surface area (Å²) in [7, 11) is 0. The zero-order valence-electron chi connectivity index (χ0n) is 12.9. The summed E-state index contributed by atoms with van der Waals surface area (Å²) < 4.78 is 5.53. The first-order valence-electron chi connectivity index (χ1n) is 7.13. The van der Waals surface area contributed by atoms with Gasteiger partial charge in [-0.15, -0.1) is 0 Å². The third-order valence-corrected chi connectivity index (χ3v) is 3.24. The SMILES string of the molecule is CC(=O)c1ccc(NC(=O)C(C)Oc2cccc(C=O)c2)cc1. The molecule has 2 aromatic rings. The highest BCUT2D eigenvalue weighted by molar-refractivity contribution is 5.96. The monoisotopic (exact) mass is 311 g/mol. The summed E-state index contributed by atoms with van der Waals surface area (Å²) in [6.07, 6.45) is -0.0156. The van der Waals surface area contributed by atoms with E-state index in [4.69, 9.17) is 4.74 Å². The van der Waals surface area contributed by atoms with E-state index >= 15 is 0 Å². The summed E-state index contributed by atoms with van der Waals surface area (Å²) in [6, 6.07) is 13.2. The van der Waals surface area contributed by atoms with Crippen LogP contribution in [0.25, 0.3) is 0 Å². The first-order chi connectivity index (χ1) is 11.0. The van der Waals surface area contributed by atoms with Gasteiger partial charge >= 0.3 is 0 Å². The Hall–Kier alpha value is -2.95. The van der Waals surface area contributed by atoms with Crippen LogP contribution >= 0.6 is 0 Å². The molecular weight excluding hydrogens is 294 g/mol. The average Bonchev–Trinajstić information content (AvgIpc) is 2.55. The Morgan fingerprint density at radius 1 is 1.13 bits per heavy atom. The lowest BCUT2D eigenvalue weighted by atomic mass is 10.1. The minimum absolute atomic E-state index is 0.0327. The Kier molecular flexibility index (Phi) is 5.25. The molecule has 0 aromatic heterocycles. The summed E-state index contributed by atoms with van der Waals surface area (Å²) >= 11 is 0. The van der Waals surface area contributed by atoms with Crippen LogP contribution in [-0.4, -0.2) is 24.1 Å². The first-order valence-corrected chi connectivity index (χ1v) is 7.13. The van der Waals surface area contributed by atoms with E-state index in [0.29, 0.717) is 28.8 Å². The highest BCUT2D eigenvalue weighted by Gasteiger charge is 2.15. The van der Waals surface area contributed by atoms with E-state index in [1.807, 2.05) is 0 Å². The second-order valence-electron chi connectivity index (χ2n) is 5.07. The molecule has 1 amide bonds. The Balaban J connectivity index is 1.99. The normalized spacial score (nSPS) is 11.4. The number of nitrogens with one attached hydrogen (secondary N) is 1. The van der Waals surface area contributed by atoms with Gasteiger partial charge in [-0.05, 0) is 50.2 Å². The highest BCUT2D eigenvalue weighted by Crippen LogP contribution is 2.15. The van der Waals surface area contributed by atoms with Crippen LogP contribution in [0.1, 0.15) is 34.6 Å². The molecule has 0 saturated carbocycles. The molecule has 0 aliphatic rings. The number of hydrogen-bond donors (Lipinski definition) is 1. The topological polar surface area (TPSA) is 72.5 Å². The van der Waals surface area contributed by atoms with Gasteiger partial charge in [-0.25, -0.2) is 0 Å². The molecule has 2 aromatic carbocycles. The van der Waals surface area contributed by atoms with Crippen molar-refractivity contribution >= 4 is 23.7 Å². The minimum Gasteiger partial charge on any atom is -0.481 e. The molecule has 1 atom stereocenters. The maximum atomic E-state index is 12.1. The van der Waals surface area contributed by atoms with Crippen molar-refractivity contribution in [3.63, 3.8) is 0 Å². The summed E-state index contributed by atoms with van der Waals surface area (Å²) in [4.78, 5) is 34.1. The van der Waals surface area contributed by atoms with E-state index in [1.165, 1.54) is 6.92 Å². The van der Waals surface area contributed by atoms with Gasteiger partial charge in [0, 0.05) is 16.8 Å². The van der Waals surface area contributed by atoms with E-state index in [1.54, 1.807) is 55.5 Å². The number of aldehydes is 1. The van der Waals surface area contributed by atoms with Crippen LogP contribution in [0, 0.1) is 0 Å². The number of Topliss-reactive ketones (excluding diaryl/α,β-unsaturated/α-hetero) is 1. The molecule has 1 unspecified atom stereocenters. The van der Waals surface area contributed by atoms with Crippen molar-refractivity contribution in [2.45, 2.75) is 20.0 Å². The number of hydrogen-bond acceptors (Lipinski definition) is 4. The molecule has 2 rings (SSSR count). The van der Waals surface area contributed by atoms with Crippen molar-refractivity contribution in [2.24, 2.45) is 0 Å². The molecule has 5 heteroatoms. The van der Waals surface area contributed by atoms with Crippen LogP contribution < -0.4 is 10.1 Å². The molecule has 0 fully saturated rings. The fraction of sp³-hybridized carbons (Fsp3) is 0.167. The number of benzene rings is 2. The number of rotatable bonds is 6. The predicted molar refractivity (Wildman–Crippen MR) is 87.0 cm³/mol. The van der Waals surface area contributed by atoms with E-state index in [2.05, 4.69) is 5.32 Å². The van der Waals surface area contributed by atoms with E-state index in [-0.39, 0.29) is 11.7 Å². The van der Waals surface area contributed by atoms with Crippen molar-refractivity contribution in [3.8, 4) is 5.75 Å². The number of ketones is 1. The molecule has 1 N–H and O–H groups in total. The maximum absolute atomic E-state index is 12.1. The van der Waals surface area contributed by atoms with E-state index in [9.17, 15) is 14.4 Å². The van der Waals surface area contributed by atoms with Crippen molar-refractivity contribution < 1.29 is 19.1 Å². The molecule has 0 aliphatic heterocycles. The lowest BCUT2D eigenvalue weighted by Gasteiger charge is -2.15. The third kappa shape index (κ3) is 4.51. The van der Waals surface area contributed by atoms with Gasteiger partial charge < -0.3 is 10.1 Å². The summed E-state index contributed by atoms with van der Waals surface area (Å²) in [6.45, 7) is 3.10. The average molecular weight is 311 g/mol. The zero-order valence-corrected chi connectivity index (χ0v) is 12.9. The standard InChI is InChI=1S/C18H17NO4/c1-12(21)15-6-8-16(9-7-15)19-18(22)13(2)23-17-5-3-4-14(10-17)11-20/h3-11,13H,1-2H3,(H,19,22). The van der Waals surface area contributed by atoms with Gasteiger partial charge in [0.2, 0.25) is 0 Å². The van der Waals surface area contributed by atoms with E-state index in [0.717, 1.165) is 0 Å². The fourth-order valence-electron chi connectivity index (χ4n) is 1.95. The molecule has 0 radical (unpaired) electrons. The Bertz CT molecular complexity index is 722. The van der Waals surface area contributed by atoms with Gasteiger partial charge in [-0.3, -0.25) is 14.4 Å².